The van der Waals surface area contributed by atoms with E-state index in [2.05, 4.69) is 32.7 Å². The van der Waals surface area contributed by atoms with Crippen molar-refractivity contribution in [2.45, 2.75) is 18.5 Å². The van der Waals surface area contributed by atoms with Crippen LogP contribution in [0.3, 0.4) is 0 Å². The molecule has 2 aromatic carbocycles. The van der Waals surface area contributed by atoms with Crippen LogP contribution in [0.15, 0.2) is 60.9 Å². The van der Waals surface area contributed by atoms with E-state index in [0.717, 1.165) is 22.3 Å². The summed E-state index contributed by atoms with van der Waals surface area (Å²) in [5, 5.41) is 22.6. The molecule has 4 N–H and O–H groups in total. The molecule has 1 aliphatic carbocycles. The van der Waals surface area contributed by atoms with Crippen LogP contribution in [-0.2, 0) is 16.1 Å². The largest absolute Gasteiger partial charge is 0.480 e. The van der Waals surface area contributed by atoms with E-state index < -0.39 is 30.6 Å². The number of rotatable bonds is 8. The number of fused-ring (bicyclic) bond motifs is 3. The fraction of sp³-hybridized carbons (Fsp3) is 0.208. The van der Waals surface area contributed by atoms with Gasteiger partial charge in [-0.1, -0.05) is 48.5 Å². The van der Waals surface area contributed by atoms with Crippen LogP contribution in [0.2, 0.25) is 0 Å². The van der Waals surface area contributed by atoms with Gasteiger partial charge in [0, 0.05) is 18.3 Å². The Morgan fingerprint density at radius 2 is 1.56 bits per heavy atom. The van der Waals surface area contributed by atoms with E-state index in [4.69, 9.17) is 14.9 Å². The standard InChI is InChI=1S/C24H22N4O6/c29-12-20(23(31)32)28-22(30)14-9-25-21(26-10-14)11-27-24(33)34-13-19-17-7-3-1-5-15(17)16-6-2-4-8-18(16)19/h1-10,19-20,29H,11-13H2,(H,27,33)(H,28,30)(H,31,32). The number of nitrogens with one attached hydrogen (secondary N) is 2. The van der Waals surface area contributed by atoms with Gasteiger partial charge < -0.3 is 25.6 Å². The Morgan fingerprint density at radius 3 is 2.12 bits per heavy atom. The van der Waals surface area contributed by atoms with Crippen molar-refractivity contribution in [2.24, 2.45) is 0 Å². The smallest absolute Gasteiger partial charge is 0.407 e. The topological polar surface area (TPSA) is 151 Å². The van der Waals surface area contributed by atoms with E-state index in [1.165, 1.54) is 12.4 Å². The summed E-state index contributed by atoms with van der Waals surface area (Å²) in [5.41, 5.74) is 4.52. The molecule has 1 atom stereocenters. The van der Waals surface area contributed by atoms with Gasteiger partial charge in [-0.25, -0.2) is 19.6 Å². The van der Waals surface area contributed by atoms with Gasteiger partial charge in [0.05, 0.1) is 18.7 Å². The lowest BCUT2D eigenvalue weighted by Crippen LogP contribution is -2.43. The molecule has 1 aromatic heterocycles. The fourth-order valence-electron chi connectivity index (χ4n) is 3.79. The minimum atomic E-state index is -1.43. The Morgan fingerprint density at radius 1 is 0.971 bits per heavy atom. The van der Waals surface area contributed by atoms with E-state index in [1.54, 1.807) is 0 Å². The van der Waals surface area contributed by atoms with E-state index >= 15 is 0 Å². The number of carboxylic acids is 1. The lowest BCUT2D eigenvalue weighted by atomic mass is 9.98. The first-order valence-electron chi connectivity index (χ1n) is 10.5. The van der Waals surface area contributed by atoms with Gasteiger partial charge in [0.15, 0.2) is 6.04 Å². The first-order valence-corrected chi connectivity index (χ1v) is 10.5. The number of carboxylic acid groups (broad SMARTS) is 1. The summed E-state index contributed by atoms with van der Waals surface area (Å²) < 4.78 is 5.45. The van der Waals surface area contributed by atoms with Crippen molar-refractivity contribution in [3.05, 3.63) is 83.4 Å². The van der Waals surface area contributed by atoms with Crippen molar-refractivity contribution in [1.29, 1.82) is 0 Å². The Hall–Kier alpha value is -4.31. The second-order valence-corrected chi connectivity index (χ2v) is 7.61. The summed E-state index contributed by atoms with van der Waals surface area (Å²) in [6.07, 6.45) is 1.78. The molecule has 34 heavy (non-hydrogen) atoms. The third-order valence-electron chi connectivity index (χ3n) is 5.49. The maximum absolute atomic E-state index is 12.3. The number of benzene rings is 2. The van der Waals surface area contributed by atoms with Crippen molar-refractivity contribution in [3.8, 4) is 11.1 Å². The SMILES string of the molecule is O=C(NCc1ncc(C(=O)NC(CO)C(=O)O)cn1)OCC1c2ccccc2-c2ccccc21. The van der Waals surface area contributed by atoms with Gasteiger partial charge in [0.25, 0.3) is 5.91 Å². The van der Waals surface area contributed by atoms with Crippen LogP contribution in [0, 0.1) is 0 Å². The molecule has 0 spiro atoms. The predicted octanol–water partition coefficient (Wildman–Crippen LogP) is 1.69. The average molecular weight is 462 g/mol. The molecule has 0 fully saturated rings. The number of aliphatic carboxylic acids is 1. The summed E-state index contributed by atoms with van der Waals surface area (Å²) in [4.78, 5) is 43.2. The number of ether oxygens (including phenoxy) is 1. The predicted molar refractivity (Wildman–Crippen MR) is 120 cm³/mol. The zero-order chi connectivity index (χ0) is 24.1. The van der Waals surface area contributed by atoms with E-state index in [1.807, 2.05) is 36.4 Å². The Balaban J connectivity index is 1.30. The van der Waals surface area contributed by atoms with Gasteiger partial charge in [0.2, 0.25) is 0 Å². The van der Waals surface area contributed by atoms with Gasteiger partial charge >= 0.3 is 12.1 Å². The van der Waals surface area contributed by atoms with Crippen molar-refractivity contribution >= 4 is 18.0 Å². The second-order valence-electron chi connectivity index (χ2n) is 7.61. The van der Waals surface area contributed by atoms with Gasteiger partial charge in [-0.05, 0) is 22.3 Å². The normalized spacial score (nSPS) is 12.9. The summed E-state index contributed by atoms with van der Waals surface area (Å²) in [6, 6.07) is 14.6. The second kappa shape index (κ2) is 10.1. The number of aliphatic hydroxyl groups excluding tert-OH is 1. The van der Waals surface area contributed by atoms with Crippen molar-refractivity contribution in [2.75, 3.05) is 13.2 Å². The molecule has 1 aliphatic rings. The van der Waals surface area contributed by atoms with Gasteiger partial charge in [0.1, 0.15) is 12.4 Å². The quantitative estimate of drug-likeness (QED) is 0.395. The summed E-state index contributed by atoms with van der Waals surface area (Å²) in [6.45, 7) is -0.591. The van der Waals surface area contributed by atoms with Gasteiger partial charge in [-0.3, -0.25) is 4.79 Å². The minimum Gasteiger partial charge on any atom is -0.480 e. The number of aliphatic hydroxyl groups is 1. The number of carbonyl (C=O) groups excluding carboxylic acids is 2. The van der Waals surface area contributed by atoms with Crippen LogP contribution in [0.4, 0.5) is 4.79 Å². The molecule has 0 radical (unpaired) electrons. The van der Waals surface area contributed by atoms with E-state index in [9.17, 15) is 14.4 Å². The molecule has 1 heterocycles. The highest BCUT2D eigenvalue weighted by Gasteiger charge is 2.29. The maximum Gasteiger partial charge on any atom is 0.407 e. The maximum atomic E-state index is 12.3. The zero-order valence-corrected chi connectivity index (χ0v) is 18.0. The minimum absolute atomic E-state index is 0.0181. The average Bonchev–Trinajstić information content (AvgIpc) is 3.18. The molecule has 174 valence electrons. The molecule has 0 saturated heterocycles. The molecule has 10 nitrogen and oxygen atoms in total. The van der Waals surface area contributed by atoms with E-state index in [0.29, 0.717) is 0 Å². The molecular formula is C24H22N4O6. The highest BCUT2D eigenvalue weighted by molar-refractivity contribution is 5.96. The monoisotopic (exact) mass is 462 g/mol. The number of aromatic nitrogens is 2. The lowest BCUT2D eigenvalue weighted by molar-refractivity contribution is -0.140. The number of alkyl carbamates (subject to hydrolysis) is 1. The van der Waals surface area contributed by atoms with Crippen molar-refractivity contribution in [1.82, 2.24) is 20.6 Å². The van der Waals surface area contributed by atoms with Crippen LogP contribution in [0.25, 0.3) is 11.1 Å². The molecule has 0 aliphatic heterocycles. The number of hydrogen-bond donors (Lipinski definition) is 4. The van der Waals surface area contributed by atoms with Crippen LogP contribution in [0.1, 0.15) is 33.2 Å². The first-order chi connectivity index (χ1) is 16.5. The zero-order valence-electron chi connectivity index (χ0n) is 18.0. The fourth-order valence-corrected chi connectivity index (χ4v) is 3.79. The van der Waals surface area contributed by atoms with Gasteiger partial charge in [-0.2, -0.15) is 0 Å². The molecule has 1 unspecified atom stereocenters. The molecule has 10 heteroatoms. The molecular weight excluding hydrogens is 440 g/mol. The highest BCUT2D eigenvalue weighted by atomic mass is 16.5. The number of carbonyl (C=O) groups is 3. The summed E-state index contributed by atoms with van der Waals surface area (Å²) >= 11 is 0. The highest BCUT2D eigenvalue weighted by Crippen LogP contribution is 2.44. The van der Waals surface area contributed by atoms with E-state index in [-0.39, 0.29) is 30.5 Å². The molecule has 2 amide bonds. The Labute approximate surface area is 194 Å². The third kappa shape index (κ3) is 4.86. The Bertz CT molecular complexity index is 1170. The number of nitrogens with zero attached hydrogens (tertiary/aromatic N) is 2. The first kappa shape index (κ1) is 22.9. The molecule has 0 bridgehead atoms. The lowest BCUT2D eigenvalue weighted by Gasteiger charge is -2.14. The number of amides is 2. The molecule has 3 aromatic rings. The van der Waals surface area contributed by atoms with Gasteiger partial charge in [-0.15, -0.1) is 0 Å². The summed E-state index contributed by atoms with van der Waals surface area (Å²) in [7, 11) is 0. The van der Waals surface area contributed by atoms with Crippen LogP contribution in [-0.4, -0.2) is 57.4 Å². The third-order valence-corrected chi connectivity index (χ3v) is 5.49. The summed E-state index contributed by atoms with van der Waals surface area (Å²) in [5.74, 6) is -1.92. The van der Waals surface area contributed by atoms with Crippen molar-refractivity contribution in [3.63, 3.8) is 0 Å². The molecule has 4 rings (SSSR count). The van der Waals surface area contributed by atoms with Crippen LogP contribution < -0.4 is 10.6 Å². The number of hydrogen-bond acceptors (Lipinski definition) is 7. The van der Waals surface area contributed by atoms with Crippen LogP contribution in [0.5, 0.6) is 0 Å². The van der Waals surface area contributed by atoms with Crippen LogP contribution >= 0.6 is 0 Å². The molecule has 0 saturated carbocycles. The Kier molecular flexibility index (Phi) is 6.79. The van der Waals surface area contributed by atoms with Crippen molar-refractivity contribution < 1.29 is 29.3 Å².